The summed E-state index contributed by atoms with van der Waals surface area (Å²) in [6.45, 7) is 1.95. The number of aromatic nitrogens is 2. The first-order valence-corrected chi connectivity index (χ1v) is 5.39. The first kappa shape index (κ1) is 12.1. The Morgan fingerprint density at radius 3 is 2.72 bits per heavy atom. The molecule has 6 heteroatoms. The van der Waals surface area contributed by atoms with Gasteiger partial charge in [-0.2, -0.15) is 0 Å². The van der Waals surface area contributed by atoms with Crippen molar-refractivity contribution in [2.24, 2.45) is 0 Å². The van der Waals surface area contributed by atoms with E-state index in [4.69, 9.17) is 10.5 Å². The fourth-order valence-corrected chi connectivity index (χ4v) is 1.52. The van der Waals surface area contributed by atoms with Gasteiger partial charge < -0.3 is 10.5 Å². The Kier molecular flexibility index (Phi) is 3.27. The second-order valence-corrected chi connectivity index (χ2v) is 3.55. The van der Waals surface area contributed by atoms with Crippen molar-refractivity contribution in [3.63, 3.8) is 0 Å². The molecule has 1 aromatic heterocycles. The minimum atomic E-state index is -0.573. The van der Waals surface area contributed by atoms with Crippen LogP contribution in [0.15, 0.2) is 30.6 Å². The Morgan fingerprint density at radius 1 is 1.44 bits per heavy atom. The van der Waals surface area contributed by atoms with Crippen molar-refractivity contribution in [3.8, 4) is 5.69 Å². The Labute approximate surface area is 103 Å². The summed E-state index contributed by atoms with van der Waals surface area (Å²) in [4.78, 5) is 15.4. The van der Waals surface area contributed by atoms with Crippen molar-refractivity contribution in [2.45, 2.75) is 6.92 Å². The van der Waals surface area contributed by atoms with E-state index in [2.05, 4.69) is 4.98 Å². The molecule has 2 rings (SSSR count). The van der Waals surface area contributed by atoms with Gasteiger partial charge in [0.25, 0.3) is 0 Å². The molecule has 1 aromatic carbocycles. The quantitative estimate of drug-likeness (QED) is 0.841. The third kappa shape index (κ3) is 2.17. The van der Waals surface area contributed by atoms with E-state index < -0.39 is 5.97 Å². The fraction of sp³-hybridized carbons (Fsp3) is 0.167. The van der Waals surface area contributed by atoms with Crippen molar-refractivity contribution < 1.29 is 13.9 Å². The lowest BCUT2D eigenvalue weighted by atomic mass is 10.3. The molecule has 0 atom stereocenters. The molecular weight excluding hydrogens is 237 g/mol. The average Bonchev–Trinajstić information content (AvgIpc) is 2.73. The van der Waals surface area contributed by atoms with Gasteiger partial charge in [-0.15, -0.1) is 0 Å². The summed E-state index contributed by atoms with van der Waals surface area (Å²) < 4.78 is 19.1. The van der Waals surface area contributed by atoms with Gasteiger partial charge in [-0.3, -0.25) is 4.57 Å². The summed E-state index contributed by atoms with van der Waals surface area (Å²) in [6, 6.07) is 5.70. The van der Waals surface area contributed by atoms with Gasteiger partial charge in [-0.1, -0.05) is 0 Å². The van der Waals surface area contributed by atoms with E-state index in [-0.39, 0.29) is 23.9 Å². The standard InChI is InChI=1S/C12H12FN3O2/c1-2-18-12(17)10-11(14)16(7-15-10)9-5-3-8(13)4-6-9/h3-7H,2,14H2,1H3. The topological polar surface area (TPSA) is 70.1 Å². The maximum Gasteiger partial charge on any atom is 0.360 e. The number of esters is 1. The summed E-state index contributed by atoms with van der Waals surface area (Å²) in [5, 5.41) is 0. The summed E-state index contributed by atoms with van der Waals surface area (Å²) in [5.74, 6) is -0.751. The van der Waals surface area contributed by atoms with Crippen LogP contribution >= 0.6 is 0 Å². The second-order valence-electron chi connectivity index (χ2n) is 3.55. The number of ether oxygens (including phenoxy) is 1. The van der Waals surface area contributed by atoms with Crippen LogP contribution in [0.25, 0.3) is 5.69 Å². The largest absolute Gasteiger partial charge is 0.461 e. The maximum absolute atomic E-state index is 12.8. The van der Waals surface area contributed by atoms with E-state index in [9.17, 15) is 9.18 Å². The van der Waals surface area contributed by atoms with E-state index in [1.165, 1.54) is 23.0 Å². The number of benzene rings is 1. The number of anilines is 1. The fourth-order valence-electron chi connectivity index (χ4n) is 1.52. The maximum atomic E-state index is 12.8. The van der Waals surface area contributed by atoms with Gasteiger partial charge in [0.2, 0.25) is 0 Å². The number of rotatable bonds is 3. The Balaban J connectivity index is 2.36. The molecule has 0 saturated heterocycles. The molecule has 0 aliphatic carbocycles. The van der Waals surface area contributed by atoms with E-state index in [0.717, 1.165) is 0 Å². The lowest BCUT2D eigenvalue weighted by molar-refractivity contribution is 0.0521. The molecule has 0 aliphatic heterocycles. The van der Waals surface area contributed by atoms with Crippen molar-refractivity contribution in [2.75, 3.05) is 12.3 Å². The zero-order valence-corrected chi connectivity index (χ0v) is 9.76. The first-order valence-electron chi connectivity index (χ1n) is 5.39. The summed E-state index contributed by atoms with van der Waals surface area (Å²) in [7, 11) is 0. The molecule has 5 nitrogen and oxygen atoms in total. The SMILES string of the molecule is CCOC(=O)c1ncn(-c2ccc(F)cc2)c1N. The third-order valence-electron chi connectivity index (χ3n) is 2.38. The lowest BCUT2D eigenvalue weighted by Gasteiger charge is -2.05. The zero-order chi connectivity index (χ0) is 13.1. The highest BCUT2D eigenvalue weighted by Crippen LogP contribution is 2.18. The highest BCUT2D eigenvalue weighted by molar-refractivity contribution is 5.92. The van der Waals surface area contributed by atoms with Crippen LogP contribution in [0.5, 0.6) is 0 Å². The molecule has 2 N–H and O–H groups in total. The minimum absolute atomic E-state index is 0.0566. The summed E-state index contributed by atoms with van der Waals surface area (Å²) in [5.41, 5.74) is 6.49. The number of nitrogens with zero attached hydrogens (tertiary/aromatic N) is 2. The van der Waals surface area contributed by atoms with Gasteiger partial charge in [-0.25, -0.2) is 14.2 Å². The number of halogens is 1. The zero-order valence-electron chi connectivity index (χ0n) is 9.76. The molecule has 0 aliphatic rings. The normalized spacial score (nSPS) is 10.3. The highest BCUT2D eigenvalue weighted by atomic mass is 19.1. The van der Waals surface area contributed by atoms with Crippen LogP contribution in [0, 0.1) is 5.82 Å². The number of hydrogen-bond donors (Lipinski definition) is 1. The van der Waals surface area contributed by atoms with Gasteiger partial charge in [0.05, 0.1) is 6.61 Å². The Morgan fingerprint density at radius 2 is 2.11 bits per heavy atom. The van der Waals surface area contributed by atoms with Gasteiger partial charge >= 0.3 is 5.97 Å². The molecule has 0 saturated carbocycles. The highest BCUT2D eigenvalue weighted by Gasteiger charge is 2.17. The van der Waals surface area contributed by atoms with Crippen molar-refractivity contribution in [3.05, 3.63) is 42.1 Å². The lowest BCUT2D eigenvalue weighted by Crippen LogP contribution is -2.09. The number of carbonyl (C=O) groups is 1. The van der Waals surface area contributed by atoms with Crippen molar-refractivity contribution in [1.29, 1.82) is 0 Å². The third-order valence-corrected chi connectivity index (χ3v) is 2.38. The molecule has 1 heterocycles. The Hall–Kier alpha value is -2.37. The second kappa shape index (κ2) is 4.87. The van der Waals surface area contributed by atoms with E-state index in [0.29, 0.717) is 5.69 Å². The van der Waals surface area contributed by atoms with Gasteiger partial charge in [0, 0.05) is 5.69 Å². The van der Waals surface area contributed by atoms with Crippen LogP contribution in [-0.2, 0) is 4.74 Å². The molecule has 18 heavy (non-hydrogen) atoms. The number of nitrogens with two attached hydrogens (primary N) is 1. The van der Waals surface area contributed by atoms with Gasteiger partial charge in [0.15, 0.2) is 5.69 Å². The monoisotopic (exact) mass is 249 g/mol. The number of nitrogen functional groups attached to an aromatic ring is 1. The van der Waals surface area contributed by atoms with Gasteiger partial charge in [-0.05, 0) is 31.2 Å². The van der Waals surface area contributed by atoms with Crippen LogP contribution in [0.1, 0.15) is 17.4 Å². The number of carbonyl (C=O) groups excluding carboxylic acids is 1. The minimum Gasteiger partial charge on any atom is -0.461 e. The first-order chi connectivity index (χ1) is 8.63. The van der Waals surface area contributed by atoms with Crippen LogP contribution in [0.4, 0.5) is 10.2 Å². The van der Waals surface area contributed by atoms with Crippen molar-refractivity contribution in [1.82, 2.24) is 9.55 Å². The average molecular weight is 249 g/mol. The van der Waals surface area contributed by atoms with Crippen molar-refractivity contribution >= 4 is 11.8 Å². The molecule has 0 fully saturated rings. The molecule has 0 unspecified atom stereocenters. The number of hydrogen-bond acceptors (Lipinski definition) is 4. The molecule has 0 amide bonds. The molecule has 2 aromatic rings. The molecule has 0 spiro atoms. The molecule has 94 valence electrons. The van der Waals surface area contributed by atoms with Crippen LogP contribution in [0.3, 0.4) is 0 Å². The smallest absolute Gasteiger partial charge is 0.360 e. The van der Waals surface area contributed by atoms with E-state index in [1.807, 2.05) is 0 Å². The summed E-state index contributed by atoms with van der Waals surface area (Å²) in [6.07, 6.45) is 1.40. The Bertz CT molecular complexity index is 563. The summed E-state index contributed by atoms with van der Waals surface area (Å²) >= 11 is 0. The van der Waals surface area contributed by atoms with E-state index in [1.54, 1.807) is 19.1 Å². The van der Waals surface area contributed by atoms with E-state index >= 15 is 0 Å². The molecular formula is C12H12FN3O2. The number of imidazole rings is 1. The van der Waals surface area contributed by atoms with Crippen LogP contribution < -0.4 is 5.73 Å². The van der Waals surface area contributed by atoms with Crippen LogP contribution in [-0.4, -0.2) is 22.1 Å². The predicted molar refractivity (Wildman–Crippen MR) is 63.9 cm³/mol. The van der Waals surface area contributed by atoms with Gasteiger partial charge in [0.1, 0.15) is 18.0 Å². The molecule has 0 bridgehead atoms. The molecule has 0 radical (unpaired) electrons. The van der Waals surface area contributed by atoms with Crippen LogP contribution in [0.2, 0.25) is 0 Å². The predicted octanol–water partition coefficient (Wildman–Crippen LogP) is 1.77.